The third kappa shape index (κ3) is 1.37. The van der Waals surface area contributed by atoms with Crippen LogP contribution >= 0.6 is 11.6 Å². The summed E-state index contributed by atoms with van der Waals surface area (Å²) in [5, 5.41) is 10.2. The van der Waals surface area contributed by atoms with E-state index in [0.29, 0.717) is 23.4 Å². The Morgan fingerprint density at radius 3 is 2.64 bits per heavy atom. The highest BCUT2D eigenvalue weighted by Crippen LogP contribution is 2.51. The van der Waals surface area contributed by atoms with Gasteiger partial charge in [0, 0.05) is 5.56 Å². The second kappa shape index (κ2) is 3.11. The van der Waals surface area contributed by atoms with Gasteiger partial charge in [-0.05, 0) is 25.0 Å². The number of methoxy groups -OCH3 is 1. The minimum Gasteiger partial charge on any atom is -0.493 e. The maximum absolute atomic E-state index is 13.3. The summed E-state index contributed by atoms with van der Waals surface area (Å²) in [5.74, 6) is -0.440. The predicted molar refractivity (Wildman–Crippen MR) is 51.1 cm³/mol. The molecule has 1 N–H and O–H groups in total. The van der Waals surface area contributed by atoms with E-state index in [9.17, 15) is 9.50 Å². The van der Waals surface area contributed by atoms with Gasteiger partial charge in [0.15, 0.2) is 11.6 Å². The highest BCUT2D eigenvalue weighted by molar-refractivity contribution is 6.31. The summed E-state index contributed by atoms with van der Waals surface area (Å²) in [7, 11) is 1.37. The maximum Gasteiger partial charge on any atom is 0.165 e. The van der Waals surface area contributed by atoms with Gasteiger partial charge in [0.2, 0.25) is 0 Å². The number of aliphatic hydroxyl groups is 1. The molecule has 4 heteroatoms. The summed E-state index contributed by atoms with van der Waals surface area (Å²) >= 11 is 5.90. The lowest BCUT2D eigenvalue weighted by Gasteiger charge is -2.15. The van der Waals surface area contributed by atoms with Crippen molar-refractivity contribution < 1.29 is 14.2 Å². The van der Waals surface area contributed by atoms with E-state index in [1.54, 1.807) is 0 Å². The van der Waals surface area contributed by atoms with E-state index in [1.165, 1.54) is 19.2 Å². The second-order valence-electron chi connectivity index (χ2n) is 3.47. The molecule has 1 aromatic rings. The Bertz CT molecular complexity index is 375. The molecule has 0 saturated heterocycles. The van der Waals surface area contributed by atoms with Crippen molar-refractivity contribution in [3.63, 3.8) is 0 Å². The molecule has 0 heterocycles. The lowest BCUT2D eigenvalue weighted by atomic mass is 10.1. The first-order valence-electron chi connectivity index (χ1n) is 4.33. The molecule has 1 aliphatic carbocycles. The van der Waals surface area contributed by atoms with Gasteiger partial charge in [0.05, 0.1) is 17.7 Å². The molecule has 0 aliphatic heterocycles. The quantitative estimate of drug-likeness (QED) is 0.823. The van der Waals surface area contributed by atoms with Gasteiger partial charge >= 0.3 is 0 Å². The molecule has 0 amide bonds. The van der Waals surface area contributed by atoms with Crippen molar-refractivity contribution in [1.82, 2.24) is 0 Å². The number of hydrogen-bond acceptors (Lipinski definition) is 2. The standard InChI is InChI=1S/C10H10ClFO2/c1-14-9-7(12)3-2-6(11)8(9)10(13)4-5-10/h2-3,13H,4-5H2,1H3. The van der Waals surface area contributed by atoms with Gasteiger partial charge in [0.25, 0.3) is 0 Å². The van der Waals surface area contributed by atoms with Gasteiger partial charge in [-0.2, -0.15) is 0 Å². The van der Waals surface area contributed by atoms with Crippen LogP contribution < -0.4 is 4.74 Å². The van der Waals surface area contributed by atoms with E-state index < -0.39 is 11.4 Å². The average molecular weight is 217 g/mol. The summed E-state index contributed by atoms with van der Waals surface area (Å²) in [6.45, 7) is 0. The van der Waals surface area contributed by atoms with Crippen molar-refractivity contribution in [3.05, 3.63) is 28.5 Å². The van der Waals surface area contributed by atoms with Crippen LogP contribution in [0.4, 0.5) is 4.39 Å². The minimum atomic E-state index is -0.982. The molecule has 0 atom stereocenters. The van der Waals surface area contributed by atoms with E-state index in [1.807, 2.05) is 0 Å². The van der Waals surface area contributed by atoms with Gasteiger partial charge in [-0.25, -0.2) is 4.39 Å². The summed E-state index contributed by atoms with van der Waals surface area (Å²) in [5.41, 5.74) is -0.605. The van der Waals surface area contributed by atoms with E-state index >= 15 is 0 Å². The van der Waals surface area contributed by atoms with Crippen molar-refractivity contribution in [2.45, 2.75) is 18.4 Å². The number of benzene rings is 1. The number of hydrogen-bond donors (Lipinski definition) is 1. The van der Waals surface area contributed by atoms with E-state index in [2.05, 4.69) is 0 Å². The van der Waals surface area contributed by atoms with Crippen molar-refractivity contribution >= 4 is 11.6 Å². The lowest BCUT2D eigenvalue weighted by molar-refractivity contribution is 0.146. The fourth-order valence-electron chi connectivity index (χ4n) is 1.53. The number of ether oxygens (including phenoxy) is 1. The topological polar surface area (TPSA) is 29.5 Å². The Hall–Kier alpha value is -0.800. The molecule has 0 bridgehead atoms. The Morgan fingerprint density at radius 1 is 1.50 bits per heavy atom. The molecule has 14 heavy (non-hydrogen) atoms. The molecule has 0 unspecified atom stereocenters. The Morgan fingerprint density at radius 2 is 2.14 bits per heavy atom. The molecule has 0 aromatic heterocycles. The Kier molecular flexibility index (Phi) is 2.16. The molecule has 0 spiro atoms. The molecule has 1 fully saturated rings. The van der Waals surface area contributed by atoms with Crippen molar-refractivity contribution in [2.75, 3.05) is 7.11 Å². The fraction of sp³-hybridized carbons (Fsp3) is 0.400. The average Bonchev–Trinajstić information content (AvgIpc) is 2.88. The maximum atomic E-state index is 13.3. The zero-order valence-corrected chi connectivity index (χ0v) is 8.44. The van der Waals surface area contributed by atoms with Crippen LogP contribution in [0.1, 0.15) is 18.4 Å². The summed E-state index contributed by atoms with van der Waals surface area (Å²) < 4.78 is 18.2. The molecule has 76 valence electrons. The minimum absolute atomic E-state index is 0.0532. The van der Waals surface area contributed by atoms with Crippen LogP contribution in [0.15, 0.2) is 12.1 Å². The Labute approximate surface area is 86.3 Å². The van der Waals surface area contributed by atoms with Gasteiger partial charge in [0.1, 0.15) is 0 Å². The summed E-state index contributed by atoms with van der Waals surface area (Å²) in [6, 6.07) is 2.67. The van der Waals surface area contributed by atoms with Gasteiger partial charge < -0.3 is 9.84 Å². The van der Waals surface area contributed by atoms with Crippen LogP contribution in [0.25, 0.3) is 0 Å². The zero-order valence-electron chi connectivity index (χ0n) is 7.68. The zero-order chi connectivity index (χ0) is 10.3. The van der Waals surface area contributed by atoms with Crippen LogP contribution in [0, 0.1) is 5.82 Å². The van der Waals surface area contributed by atoms with Crippen molar-refractivity contribution in [2.24, 2.45) is 0 Å². The van der Waals surface area contributed by atoms with Gasteiger partial charge in [-0.15, -0.1) is 0 Å². The summed E-state index contributed by atoms with van der Waals surface area (Å²) in [6.07, 6.45) is 1.21. The third-order valence-corrected chi connectivity index (χ3v) is 2.77. The van der Waals surface area contributed by atoms with E-state index in [0.717, 1.165) is 0 Å². The molecule has 1 aromatic carbocycles. The molecule has 1 aliphatic rings. The monoisotopic (exact) mass is 216 g/mol. The van der Waals surface area contributed by atoms with E-state index in [4.69, 9.17) is 16.3 Å². The molecular weight excluding hydrogens is 207 g/mol. The molecule has 2 rings (SSSR count). The number of rotatable bonds is 2. The first-order valence-corrected chi connectivity index (χ1v) is 4.71. The van der Waals surface area contributed by atoms with Crippen LogP contribution in [0.2, 0.25) is 5.02 Å². The van der Waals surface area contributed by atoms with Crippen LogP contribution in [0.3, 0.4) is 0 Å². The first kappa shape index (κ1) is 9.74. The normalized spacial score (nSPS) is 18.0. The van der Waals surface area contributed by atoms with Crippen LogP contribution in [0.5, 0.6) is 5.75 Å². The Balaban J connectivity index is 2.60. The predicted octanol–water partition coefficient (Wildman–Crippen LogP) is 2.47. The van der Waals surface area contributed by atoms with Gasteiger partial charge in [-0.1, -0.05) is 11.6 Å². The molecule has 2 nitrogen and oxygen atoms in total. The second-order valence-corrected chi connectivity index (χ2v) is 3.88. The van der Waals surface area contributed by atoms with Crippen molar-refractivity contribution in [3.8, 4) is 5.75 Å². The largest absolute Gasteiger partial charge is 0.493 e. The van der Waals surface area contributed by atoms with Crippen LogP contribution in [-0.2, 0) is 5.60 Å². The fourth-order valence-corrected chi connectivity index (χ4v) is 1.86. The molecule has 0 radical (unpaired) electrons. The smallest absolute Gasteiger partial charge is 0.165 e. The van der Waals surface area contributed by atoms with E-state index in [-0.39, 0.29) is 5.75 Å². The SMILES string of the molecule is COc1c(F)ccc(Cl)c1C1(O)CC1. The van der Waals surface area contributed by atoms with Gasteiger partial charge in [-0.3, -0.25) is 0 Å². The summed E-state index contributed by atoms with van der Waals surface area (Å²) in [4.78, 5) is 0. The highest BCUT2D eigenvalue weighted by Gasteiger charge is 2.46. The lowest BCUT2D eigenvalue weighted by Crippen LogP contribution is -2.09. The molecular formula is C10H10ClFO2. The van der Waals surface area contributed by atoms with Crippen molar-refractivity contribution in [1.29, 1.82) is 0 Å². The highest BCUT2D eigenvalue weighted by atomic mass is 35.5. The third-order valence-electron chi connectivity index (χ3n) is 2.45. The first-order chi connectivity index (χ1) is 6.58. The number of halogens is 2. The van der Waals surface area contributed by atoms with Crippen LogP contribution in [-0.4, -0.2) is 12.2 Å². The molecule has 1 saturated carbocycles.